The molecule has 2 aromatic carbocycles. The van der Waals surface area contributed by atoms with Gasteiger partial charge in [0.15, 0.2) is 0 Å². The molecule has 0 bridgehead atoms. The molecule has 110 valence electrons. The maximum absolute atomic E-state index is 13.2. The fourth-order valence-corrected chi connectivity index (χ4v) is 1.98. The predicted octanol–water partition coefficient (Wildman–Crippen LogP) is 4.09. The molecule has 4 heteroatoms. The lowest BCUT2D eigenvalue weighted by Crippen LogP contribution is -2.09. The van der Waals surface area contributed by atoms with E-state index in [-0.39, 0.29) is 11.7 Å². The molecule has 0 aromatic heterocycles. The zero-order valence-corrected chi connectivity index (χ0v) is 12.2. The first-order valence-corrected chi connectivity index (χ1v) is 6.97. The third-order valence-corrected chi connectivity index (χ3v) is 3.26. The van der Waals surface area contributed by atoms with Crippen LogP contribution in [-0.2, 0) is 11.3 Å². The van der Waals surface area contributed by atoms with Crippen molar-refractivity contribution < 1.29 is 9.18 Å². The number of nitrogens with one attached hydrogen (secondary N) is 2. The van der Waals surface area contributed by atoms with Crippen LogP contribution < -0.4 is 10.6 Å². The van der Waals surface area contributed by atoms with Gasteiger partial charge in [-0.2, -0.15) is 0 Å². The monoisotopic (exact) mass is 286 g/mol. The Hall–Kier alpha value is -2.36. The molecule has 0 fully saturated rings. The van der Waals surface area contributed by atoms with Gasteiger partial charge < -0.3 is 10.6 Å². The number of benzene rings is 2. The molecule has 0 radical (unpaired) electrons. The first-order valence-electron chi connectivity index (χ1n) is 6.97. The van der Waals surface area contributed by atoms with Gasteiger partial charge in [0.1, 0.15) is 5.82 Å². The number of hydrogen-bond donors (Lipinski definition) is 2. The molecule has 0 aliphatic carbocycles. The summed E-state index contributed by atoms with van der Waals surface area (Å²) in [6, 6.07) is 12.2. The summed E-state index contributed by atoms with van der Waals surface area (Å²) >= 11 is 0. The van der Waals surface area contributed by atoms with Crippen molar-refractivity contribution in [3.05, 3.63) is 59.4 Å². The molecule has 21 heavy (non-hydrogen) atoms. The number of carbonyl (C=O) groups is 1. The summed E-state index contributed by atoms with van der Waals surface area (Å²) in [5, 5.41) is 6.05. The largest absolute Gasteiger partial charge is 0.381 e. The Kier molecular flexibility index (Phi) is 4.93. The highest BCUT2D eigenvalue weighted by Crippen LogP contribution is 2.17. The average molecular weight is 286 g/mol. The van der Waals surface area contributed by atoms with Gasteiger partial charge in [-0.05, 0) is 48.4 Å². The summed E-state index contributed by atoms with van der Waals surface area (Å²) in [7, 11) is 0. The summed E-state index contributed by atoms with van der Waals surface area (Å²) in [4.78, 5) is 11.4. The molecule has 0 aliphatic rings. The molecule has 0 unspecified atom stereocenters. The Morgan fingerprint density at radius 3 is 2.67 bits per heavy atom. The fraction of sp³-hybridized carbons (Fsp3) is 0.235. The summed E-state index contributed by atoms with van der Waals surface area (Å²) in [6.45, 7) is 4.30. The first-order chi connectivity index (χ1) is 10.1. The minimum absolute atomic E-state index is 0.0203. The van der Waals surface area contributed by atoms with Gasteiger partial charge in [0, 0.05) is 24.3 Å². The van der Waals surface area contributed by atoms with E-state index in [9.17, 15) is 9.18 Å². The Bertz CT molecular complexity index is 640. The van der Waals surface area contributed by atoms with Gasteiger partial charge in [-0.15, -0.1) is 0 Å². The molecule has 3 nitrogen and oxygen atoms in total. The quantitative estimate of drug-likeness (QED) is 0.869. The van der Waals surface area contributed by atoms with Crippen molar-refractivity contribution in [3.63, 3.8) is 0 Å². The van der Waals surface area contributed by atoms with Crippen molar-refractivity contribution in [1.29, 1.82) is 0 Å². The van der Waals surface area contributed by atoms with Crippen molar-refractivity contribution in [2.24, 2.45) is 0 Å². The van der Waals surface area contributed by atoms with E-state index in [0.717, 1.165) is 22.5 Å². The molecule has 2 N–H and O–H groups in total. The van der Waals surface area contributed by atoms with Crippen molar-refractivity contribution in [2.75, 3.05) is 10.6 Å². The van der Waals surface area contributed by atoms with Gasteiger partial charge in [0.05, 0.1) is 0 Å². The molecule has 2 aromatic rings. The van der Waals surface area contributed by atoms with Crippen LogP contribution in [-0.4, -0.2) is 5.91 Å². The van der Waals surface area contributed by atoms with Crippen LogP contribution >= 0.6 is 0 Å². The molecule has 2 rings (SSSR count). The molecule has 0 aliphatic heterocycles. The topological polar surface area (TPSA) is 41.1 Å². The second-order valence-electron chi connectivity index (χ2n) is 4.91. The number of halogens is 1. The fourth-order valence-electron chi connectivity index (χ4n) is 1.98. The lowest BCUT2D eigenvalue weighted by Gasteiger charge is -2.11. The molecular formula is C17H19FN2O. The molecule has 0 saturated carbocycles. The second kappa shape index (κ2) is 6.88. The maximum atomic E-state index is 13.2. The van der Waals surface area contributed by atoms with Crippen molar-refractivity contribution in [1.82, 2.24) is 0 Å². The summed E-state index contributed by atoms with van der Waals surface area (Å²) in [5.41, 5.74) is 3.59. The van der Waals surface area contributed by atoms with Gasteiger partial charge in [-0.3, -0.25) is 4.79 Å². The molecule has 1 amide bonds. The first kappa shape index (κ1) is 15.0. The molecular weight excluding hydrogens is 267 g/mol. The Morgan fingerprint density at radius 1 is 1.14 bits per heavy atom. The zero-order valence-electron chi connectivity index (χ0n) is 12.2. The van der Waals surface area contributed by atoms with E-state index in [2.05, 4.69) is 10.6 Å². The highest BCUT2D eigenvalue weighted by molar-refractivity contribution is 5.90. The van der Waals surface area contributed by atoms with Crippen LogP contribution in [0.15, 0.2) is 42.5 Å². The van der Waals surface area contributed by atoms with E-state index >= 15 is 0 Å². The van der Waals surface area contributed by atoms with E-state index in [4.69, 9.17) is 0 Å². The van der Waals surface area contributed by atoms with Crippen LogP contribution in [0.2, 0.25) is 0 Å². The lowest BCUT2D eigenvalue weighted by atomic mass is 10.1. The Morgan fingerprint density at radius 2 is 1.90 bits per heavy atom. The Balaban J connectivity index is 2.04. The van der Waals surface area contributed by atoms with Gasteiger partial charge >= 0.3 is 0 Å². The average Bonchev–Trinajstić information content (AvgIpc) is 2.48. The summed E-state index contributed by atoms with van der Waals surface area (Å²) in [6.07, 6.45) is 0.445. The van der Waals surface area contributed by atoms with E-state index in [1.54, 1.807) is 6.07 Å². The zero-order chi connectivity index (χ0) is 15.2. The standard InChI is InChI=1S/C17H19FN2O/c1-3-17(21)20-16-6-4-5-15(10-16)19-11-13-9-14(18)8-7-12(13)2/h4-10,19H,3,11H2,1-2H3,(H,20,21). The van der Waals surface area contributed by atoms with Gasteiger partial charge in [0.2, 0.25) is 5.91 Å². The van der Waals surface area contributed by atoms with E-state index < -0.39 is 0 Å². The minimum Gasteiger partial charge on any atom is -0.381 e. The van der Waals surface area contributed by atoms with Crippen LogP contribution in [0.25, 0.3) is 0 Å². The normalized spacial score (nSPS) is 10.2. The smallest absolute Gasteiger partial charge is 0.224 e. The third kappa shape index (κ3) is 4.31. The van der Waals surface area contributed by atoms with E-state index in [1.165, 1.54) is 12.1 Å². The van der Waals surface area contributed by atoms with E-state index in [0.29, 0.717) is 13.0 Å². The van der Waals surface area contributed by atoms with Gasteiger partial charge in [0.25, 0.3) is 0 Å². The van der Waals surface area contributed by atoms with Crippen molar-refractivity contribution in [3.8, 4) is 0 Å². The molecule has 0 atom stereocenters. The number of carbonyl (C=O) groups excluding carboxylic acids is 1. The van der Waals surface area contributed by atoms with Crippen LogP contribution in [0.3, 0.4) is 0 Å². The van der Waals surface area contributed by atoms with Crippen LogP contribution in [0, 0.1) is 12.7 Å². The Labute approximate surface area is 124 Å². The predicted molar refractivity (Wildman–Crippen MR) is 83.8 cm³/mol. The number of hydrogen-bond acceptors (Lipinski definition) is 2. The van der Waals surface area contributed by atoms with Crippen molar-refractivity contribution >= 4 is 17.3 Å². The maximum Gasteiger partial charge on any atom is 0.224 e. The summed E-state index contributed by atoms with van der Waals surface area (Å²) in [5.74, 6) is -0.255. The van der Waals surface area contributed by atoms with E-state index in [1.807, 2.05) is 38.1 Å². The van der Waals surface area contributed by atoms with Gasteiger partial charge in [-0.1, -0.05) is 19.1 Å². The highest BCUT2D eigenvalue weighted by Gasteiger charge is 2.02. The van der Waals surface area contributed by atoms with Crippen LogP contribution in [0.4, 0.5) is 15.8 Å². The van der Waals surface area contributed by atoms with Gasteiger partial charge in [-0.25, -0.2) is 4.39 Å². The highest BCUT2D eigenvalue weighted by atomic mass is 19.1. The minimum atomic E-state index is -0.235. The molecule has 0 spiro atoms. The number of amides is 1. The molecule has 0 saturated heterocycles. The van der Waals surface area contributed by atoms with Crippen LogP contribution in [0.1, 0.15) is 24.5 Å². The SMILES string of the molecule is CCC(=O)Nc1cccc(NCc2cc(F)ccc2C)c1. The van der Waals surface area contributed by atoms with Crippen LogP contribution in [0.5, 0.6) is 0 Å². The number of aryl methyl sites for hydroxylation is 1. The summed E-state index contributed by atoms with van der Waals surface area (Å²) < 4.78 is 13.2. The number of anilines is 2. The lowest BCUT2D eigenvalue weighted by molar-refractivity contribution is -0.115. The third-order valence-electron chi connectivity index (χ3n) is 3.26. The number of rotatable bonds is 5. The molecule has 0 heterocycles. The second-order valence-corrected chi connectivity index (χ2v) is 4.91. The van der Waals surface area contributed by atoms with Crippen molar-refractivity contribution in [2.45, 2.75) is 26.8 Å².